The van der Waals surface area contributed by atoms with Crippen LogP contribution in [0.5, 0.6) is 0 Å². The third-order valence-corrected chi connectivity index (χ3v) is 2.40. The van der Waals surface area contributed by atoms with Gasteiger partial charge in [0, 0.05) is 6.54 Å². The molecule has 0 saturated heterocycles. The van der Waals surface area contributed by atoms with Crippen molar-refractivity contribution in [1.82, 2.24) is 20.3 Å². The maximum Gasteiger partial charge on any atom is 0.123 e. The number of nitrogens with zero attached hydrogens (tertiary/aromatic N) is 3. The Morgan fingerprint density at radius 2 is 2.06 bits per heavy atom. The van der Waals surface area contributed by atoms with Crippen LogP contribution in [0.2, 0.25) is 0 Å². The van der Waals surface area contributed by atoms with E-state index in [4.69, 9.17) is 0 Å². The largest absolute Gasteiger partial charge is 0.311 e. The number of halogens is 1. The summed E-state index contributed by atoms with van der Waals surface area (Å²) in [6, 6.07) is 6.40. The molecule has 0 unspecified atom stereocenters. The van der Waals surface area contributed by atoms with Crippen LogP contribution >= 0.6 is 0 Å². The molecule has 0 radical (unpaired) electrons. The minimum absolute atomic E-state index is 0.222. The van der Waals surface area contributed by atoms with Gasteiger partial charge in [-0.1, -0.05) is 24.3 Å². The van der Waals surface area contributed by atoms with Crippen LogP contribution in [0.4, 0.5) is 4.39 Å². The third-order valence-electron chi connectivity index (χ3n) is 2.40. The molecule has 5 heteroatoms. The predicted octanol–water partition coefficient (Wildman–Crippen LogP) is 1.57. The van der Waals surface area contributed by atoms with Gasteiger partial charge in [0.1, 0.15) is 5.82 Å². The first-order valence-electron chi connectivity index (χ1n) is 5.62. The highest BCUT2D eigenvalue weighted by atomic mass is 19.1. The standard InChI is InChI=1S/C12H15FN4/c1-2-14-7-12-9-17(16-15-12)8-10-3-5-11(13)6-4-10/h3-6,9,14H,2,7-8H2,1H3. The molecule has 4 nitrogen and oxygen atoms in total. The fraction of sp³-hybridized carbons (Fsp3) is 0.333. The number of benzene rings is 1. The Hall–Kier alpha value is -1.75. The average Bonchev–Trinajstić information content (AvgIpc) is 2.77. The van der Waals surface area contributed by atoms with E-state index in [9.17, 15) is 4.39 Å². The molecule has 2 aromatic rings. The van der Waals surface area contributed by atoms with Gasteiger partial charge in [-0.2, -0.15) is 0 Å². The molecular weight excluding hydrogens is 219 g/mol. The Bertz CT molecular complexity index is 464. The number of rotatable bonds is 5. The third kappa shape index (κ3) is 3.35. The zero-order valence-electron chi connectivity index (χ0n) is 9.73. The van der Waals surface area contributed by atoms with Crippen molar-refractivity contribution in [3.05, 3.63) is 47.5 Å². The lowest BCUT2D eigenvalue weighted by molar-refractivity contribution is 0.621. The van der Waals surface area contributed by atoms with E-state index < -0.39 is 0 Å². The van der Waals surface area contributed by atoms with Gasteiger partial charge in [0.15, 0.2) is 0 Å². The van der Waals surface area contributed by atoms with Crippen molar-refractivity contribution in [3.8, 4) is 0 Å². The van der Waals surface area contributed by atoms with Gasteiger partial charge >= 0.3 is 0 Å². The van der Waals surface area contributed by atoms with E-state index in [0.717, 1.165) is 24.3 Å². The Labute approximate surface area is 99.5 Å². The second-order valence-corrected chi connectivity index (χ2v) is 3.81. The molecule has 0 aliphatic rings. The molecule has 1 aromatic carbocycles. The van der Waals surface area contributed by atoms with E-state index in [1.54, 1.807) is 16.8 Å². The second-order valence-electron chi connectivity index (χ2n) is 3.81. The molecule has 0 aliphatic heterocycles. The lowest BCUT2D eigenvalue weighted by Crippen LogP contribution is -2.11. The summed E-state index contributed by atoms with van der Waals surface area (Å²) < 4.78 is 14.5. The van der Waals surface area contributed by atoms with Gasteiger partial charge in [-0.3, -0.25) is 0 Å². The summed E-state index contributed by atoms with van der Waals surface area (Å²) in [5, 5.41) is 11.2. The molecule has 1 heterocycles. The highest BCUT2D eigenvalue weighted by Gasteiger charge is 2.01. The zero-order valence-corrected chi connectivity index (χ0v) is 9.73. The van der Waals surface area contributed by atoms with Crippen molar-refractivity contribution < 1.29 is 4.39 Å². The number of hydrogen-bond donors (Lipinski definition) is 1. The smallest absolute Gasteiger partial charge is 0.123 e. The van der Waals surface area contributed by atoms with Crippen LogP contribution in [0.3, 0.4) is 0 Å². The van der Waals surface area contributed by atoms with Gasteiger partial charge in [-0.15, -0.1) is 5.10 Å². The highest BCUT2D eigenvalue weighted by molar-refractivity contribution is 5.16. The van der Waals surface area contributed by atoms with E-state index in [2.05, 4.69) is 15.6 Å². The van der Waals surface area contributed by atoms with Gasteiger partial charge in [-0.25, -0.2) is 9.07 Å². The normalized spacial score (nSPS) is 10.7. The molecule has 0 bridgehead atoms. The highest BCUT2D eigenvalue weighted by Crippen LogP contribution is 2.04. The van der Waals surface area contributed by atoms with Crippen LogP contribution in [0, 0.1) is 5.82 Å². The van der Waals surface area contributed by atoms with Crippen LogP contribution in [0.15, 0.2) is 30.5 Å². The minimum atomic E-state index is -0.222. The van der Waals surface area contributed by atoms with Crippen molar-refractivity contribution in [2.75, 3.05) is 6.54 Å². The fourth-order valence-electron chi connectivity index (χ4n) is 1.53. The van der Waals surface area contributed by atoms with Crippen LogP contribution in [0.1, 0.15) is 18.2 Å². The van der Waals surface area contributed by atoms with Crippen LogP contribution in [-0.2, 0) is 13.1 Å². The van der Waals surface area contributed by atoms with E-state index in [1.807, 2.05) is 13.1 Å². The maximum atomic E-state index is 12.7. The molecule has 17 heavy (non-hydrogen) atoms. The molecule has 0 aliphatic carbocycles. The first kappa shape index (κ1) is 11.7. The summed E-state index contributed by atoms with van der Waals surface area (Å²) in [7, 11) is 0. The Kier molecular flexibility index (Phi) is 3.82. The molecule has 0 spiro atoms. The zero-order chi connectivity index (χ0) is 12.1. The fourth-order valence-corrected chi connectivity index (χ4v) is 1.53. The SMILES string of the molecule is CCNCc1cn(Cc2ccc(F)cc2)nn1. The van der Waals surface area contributed by atoms with Crippen molar-refractivity contribution >= 4 is 0 Å². The molecule has 1 N–H and O–H groups in total. The first-order chi connectivity index (χ1) is 8.28. The van der Waals surface area contributed by atoms with Crippen molar-refractivity contribution in [1.29, 1.82) is 0 Å². The van der Waals surface area contributed by atoms with E-state index in [-0.39, 0.29) is 5.82 Å². The van der Waals surface area contributed by atoms with Gasteiger partial charge in [0.25, 0.3) is 0 Å². The number of hydrogen-bond acceptors (Lipinski definition) is 3. The van der Waals surface area contributed by atoms with E-state index >= 15 is 0 Å². The van der Waals surface area contributed by atoms with Gasteiger partial charge in [-0.05, 0) is 24.2 Å². The Balaban J connectivity index is 1.98. The lowest BCUT2D eigenvalue weighted by atomic mass is 10.2. The second kappa shape index (κ2) is 5.54. The monoisotopic (exact) mass is 234 g/mol. The average molecular weight is 234 g/mol. The molecule has 0 atom stereocenters. The summed E-state index contributed by atoms with van der Waals surface area (Å²) in [6.45, 7) is 4.28. The predicted molar refractivity (Wildman–Crippen MR) is 62.9 cm³/mol. The molecule has 0 fully saturated rings. The molecule has 0 saturated carbocycles. The van der Waals surface area contributed by atoms with Crippen LogP contribution in [-0.4, -0.2) is 21.5 Å². The molecule has 2 rings (SSSR count). The Morgan fingerprint density at radius 3 is 2.76 bits per heavy atom. The van der Waals surface area contributed by atoms with Crippen LogP contribution in [0.25, 0.3) is 0 Å². The summed E-state index contributed by atoms with van der Waals surface area (Å²) in [6.07, 6.45) is 1.89. The van der Waals surface area contributed by atoms with Crippen molar-refractivity contribution in [2.24, 2.45) is 0 Å². The van der Waals surface area contributed by atoms with Gasteiger partial charge in [0.05, 0.1) is 18.4 Å². The molecule has 1 aromatic heterocycles. The van der Waals surface area contributed by atoms with Gasteiger partial charge in [0.2, 0.25) is 0 Å². The van der Waals surface area contributed by atoms with Crippen molar-refractivity contribution in [3.63, 3.8) is 0 Å². The summed E-state index contributed by atoms with van der Waals surface area (Å²) in [5.41, 5.74) is 1.92. The molecule has 90 valence electrons. The quantitative estimate of drug-likeness (QED) is 0.854. The lowest BCUT2D eigenvalue weighted by Gasteiger charge is -2.00. The molecular formula is C12H15FN4. The summed E-state index contributed by atoms with van der Waals surface area (Å²) in [5.74, 6) is -0.222. The molecule has 0 amide bonds. The summed E-state index contributed by atoms with van der Waals surface area (Å²) >= 11 is 0. The summed E-state index contributed by atoms with van der Waals surface area (Å²) in [4.78, 5) is 0. The topological polar surface area (TPSA) is 42.7 Å². The van der Waals surface area contributed by atoms with E-state index in [0.29, 0.717) is 6.54 Å². The maximum absolute atomic E-state index is 12.7. The van der Waals surface area contributed by atoms with Gasteiger partial charge < -0.3 is 5.32 Å². The first-order valence-corrected chi connectivity index (χ1v) is 5.62. The number of aromatic nitrogens is 3. The Morgan fingerprint density at radius 1 is 1.29 bits per heavy atom. The number of nitrogens with one attached hydrogen (secondary N) is 1. The van der Waals surface area contributed by atoms with Crippen LogP contribution < -0.4 is 5.32 Å². The minimum Gasteiger partial charge on any atom is -0.311 e. The van der Waals surface area contributed by atoms with Crippen molar-refractivity contribution in [2.45, 2.75) is 20.0 Å². The van der Waals surface area contributed by atoms with E-state index in [1.165, 1.54) is 12.1 Å².